The minimum absolute atomic E-state index is 0.00227. The molecule has 0 aliphatic rings. The first-order valence-electron chi connectivity index (χ1n) is 6.65. The van der Waals surface area contributed by atoms with E-state index in [4.69, 9.17) is 23.2 Å². The van der Waals surface area contributed by atoms with Gasteiger partial charge in [0.05, 0.1) is 5.69 Å². The van der Waals surface area contributed by atoms with Gasteiger partial charge in [-0.25, -0.2) is 4.79 Å². The maximum Gasteiger partial charge on any atom is 0.482 e. The summed E-state index contributed by atoms with van der Waals surface area (Å²) < 4.78 is 33.5. The Balaban J connectivity index is 2.19. The van der Waals surface area contributed by atoms with Gasteiger partial charge in [-0.05, 0) is 24.3 Å². The lowest BCUT2D eigenvalue weighted by Gasteiger charge is -2.20. The molecule has 0 aliphatic heterocycles. The van der Waals surface area contributed by atoms with Crippen molar-refractivity contribution in [3.05, 3.63) is 46.2 Å². The highest BCUT2D eigenvalue weighted by molar-refractivity contribution is 6.34. The standard InChI is InChI=1S/C14H11Cl2F2N3O4/c1-21-10(2-3-19-21)11(12(22)23)20-13(24)14(17,18)25-9-5-7(15)4-8(16)6-9/h2-6,11H,1H3,(H,20,24)(H,22,23). The number of hydrogen-bond acceptors (Lipinski definition) is 4. The van der Waals surface area contributed by atoms with Crippen LogP contribution < -0.4 is 10.1 Å². The van der Waals surface area contributed by atoms with Crippen LogP contribution in [0.4, 0.5) is 8.78 Å². The van der Waals surface area contributed by atoms with Crippen molar-refractivity contribution in [3.63, 3.8) is 0 Å². The molecule has 0 saturated carbocycles. The first-order chi connectivity index (χ1) is 11.6. The van der Waals surface area contributed by atoms with Crippen molar-refractivity contribution in [1.29, 1.82) is 0 Å². The zero-order valence-electron chi connectivity index (χ0n) is 12.5. The van der Waals surface area contributed by atoms with Crippen molar-refractivity contribution in [2.75, 3.05) is 0 Å². The molecule has 1 heterocycles. The number of rotatable bonds is 6. The van der Waals surface area contributed by atoms with E-state index in [1.165, 1.54) is 25.4 Å². The van der Waals surface area contributed by atoms with Crippen molar-refractivity contribution in [2.24, 2.45) is 7.05 Å². The molecule has 1 unspecified atom stereocenters. The third kappa shape index (κ3) is 4.58. The van der Waals surface area contributed by atoms with Crippen LogP contribution in [-0.4, -0.2) is 32.9 Å². The lowest BCUT2D eigenvalue weighted by atomic mass is 10.2. The fraction of sp³-hybridized carbons (Fsp3) is 0.214. The minimum atomic E-state index is -4.36. The Morgan fingerprint density at radius 1 is 1.32 bits per heavy atom. The molecule has 2 rings (SSSR count). The van der Waals surface area contributed by atoms with Gasteiger partial charge in [-0.1, -0.05) is 23.2 Å². The number of ether oxygens (including phenoxy) is 1. The van der Waals surface area contributed by atoms with Crippen LogP contribution in [-0.2, 0) is 16.6 Å². The molecule has 0 spiro atoms. The van der Waals surface area contributed by atoms with E-state index in [1.54, 1.807) is 5.32 Å². The van der Waals surface area contributed by atoms with Gasteiger partial charge in [0.2, 0.25) is 0 Å². The Labute approximate surface area is 150 Å². The summed E-state index contributed by atoms with van der Waals surface area (Å²) in [5.74, 6) is -3.94. The van der Waals surface area contributed by atoms with Crippen molar-refractivity contribution in [1.82, 2.24) is 15.1 Å². The van der Waals surface area contributed by atoms with Crippen LogP contribution in [0.5, 0.6) is 5.75 Å². The zero-order chi connectivity index (χ0) is 18.8. The number of aliphatic carboxylic acids is 1. The van der Waals surface area contributed by atoms with Gasteiger partial charge in [0.15, 0.2) is 6.04 Å². The molecule has 0 aliphatic carbocycles. The van der Waals surface area contributed by atoms with Gasteiger partial charge in [-0.2, -0.15) is 13.9 Å². The first kappa shape index (κ1) is 18.9. The minimum Gasteiger partial charge on any atom is -0.479 e. The smallest absolute Gasteiger partial charge is 0.479 e. The molecule has 2 N–H and O–H groups in total. The molecule has 1 amide bonds. The summed E-state index contributed by atoms with van der Waals surface area (Å²) in [6.07, 6.45) is -3.10. The van der Waals surface area contributed by atoms with Gasteiger partial charge < -0.3 is 15.2 Å². The third-order valence-electron chi connectivity index (χ3n) is 3.02. The molecule has 0 radical (unpaired) electrons. The number of aryl methyl sites for hydroxylation is 1. The molecule has 134 valence electrons. The molecular formula is C14H11Cl2F2N3O4. The van der Waals surface area contributed by atoms with Crippen LogP contribution in [0.1, 0.15) is 11.7 Å². The molecule has 0 bridgehead atoms. The van der Waals surface area contributed by atoms with Crippen LogP contribution in [0.3, 0.4) is 0 Å². The zero-order valence-corrected chi connectivity index (χ0v) is 14.1. The van der Waals surface area contributed by atoms with E-state index in [0.29, 0.717) is 0 Å². The van der Waals surface area contributed by atoms with Crippen LogP contribution in [0, 0.1) is 0 Å². The number of nitrogens with one attached hydrogen (secondary N) is 1. The molecule has 7 nitrogen and oxygen atoms in total. The van der Waals surface area contributed by atoms with Crippen LogP contribution in [0.25, 0.3) is 0 Å². The van der Waals surface area contributed by atoms with Gasteiger partial charge in [-0.3, -0.25) is 9.48 Å². The lowest BCUT2D eigenvalue weighted by molar-refractivity contribution is -0.194. The fourth-order valence-electron chi connectivity index (χ4n) is 1.93. The SMILES string of the molecule is Cn1nccc1C(NC(=O)C(F)(F)Oc1cc(Cl)cc(Cl)c1)C(=O)O. The van der Waals surface area contributed by atoms with E-state index < -0.39 is 29.8 Å². The molecule has 0 saturated heterocycles. The van der Waals surface area contributed by atoms with E-state index in [1.807, 2.05) is 0 Å². The van der Waals surface area contributed by atoms with Crippen molar-refractivity contribution < 1.29 is 28.2 Å². The molecule has 0 fully saturated rings. The number of nitrogens with zero attached hydrogens (tertiary/aromatic N) is 2. The first-order valence-corrected chi connectivity index (χ1v) is 7.40. The number of benzene rings is 1. The normalized spacial score (nSPS) is 12.5. The second-order valence-corrected chi connectivity index (χ2v) is 5.72. The number of carboxylic acids is 1. The molecule has 2 aromatic rings. The number of alkyl halides is 2. The van der Waals surface area contributed by atoms with Crippen molar-refractivity contribution >= 4 is 35.1 Å². The quantitative estimate of drug-likeness (QED) is 0.786. The number of amides is 1. The molecule has 1 atom stereocenters. The summed E-state index contributed by atoms with van der Waals surface area (Å²) in [5.41, 5.74) is 0.00227. The Kier molecular flexibility index (Phi) is 5.48. The van der Waals surface area contributed by atoms with Gasteiger partial charge in [0.25, 0.3) is 0 Å². The average Bonchev–Trinajstić information content (AvgIpc) is 2.88. The van der Waals surface area contributed by atoms with E-state index in [-0.39, 0.29) is 15.7 Å². The number of halogens is 4. The maximum atomic E-state index is 14.0. The summed E-state index contributed by atoms with van der Waals surface area (Å²) in [6.45, 7) is 0. The predicted octanol–water partition coefficient (Wildman–Crippen LogP) is 2.64. The summed E-state index contributed by atoms with van der Waals surface area (Å²) >= 11 is 11.3. The average molecular weight is 394 g/mol. The topological polar surface area (TPSA) is 93.5 Å². The number of aromatic nitrogens is 2. The van der Waals surface area contributed by atoms with Gasteiger partial charge in [0.1, 0.15) is 5.75 Å². The predicted molar refractivity (Wildman–Crippen MR) is 83.8 cm³/mol. The van der Waals surface area contributed by atoms with Crippen molar-refractivity contribution in [2.45, 2.75) is 12.2 Å². The van der Waals surface area contributed by atoms with Crippen LogP contribution >= 0.6 is 23.2 Å². The third-order valence-corrected chi connectivity index (χ3v) is 3.46. The summed E-state index contributed by atoms with van der Waals surface area (Å²) in [6, 6.07) is 2.89. The molecule has 1 aromatic carbocycles. The highest BCUT2D eigenvalue weighted by Gasteiger charge is 2.44. The van der Waals surface area contributed by atoms with Gasteiger partial charge >= 0.3 is 18.0 Å². The lowest BCUT2D eigenvalue weighted by Crippen LogP contribution is -2.47. The van der Waals surface area contributed by atoms with Gasteiger partial charge in [-0.15, -0.1) is 0 Å². The van der Waals surface area contributed by atoms with E-state index >= 15 is 0 Å². The van der Waals surface area contributed by atoms with E-state index in [9.17, 15) is 23.5 Å². The fourth-order valence-corrected chi connectivity index (χ4v) is 2.43. The summed E-state index contributed by atoms with van der Waals surface area (Å²) in [7, 11) is 1.40. The summed E-state index contributed by atoms with van der Waals surface area (Å²) in [5, 5.41) is 14.7. The maximum absolute atomic E-state index is 14.0. The number of carbonyl (C=O) groups is 2. The second-order valence-electron chi connectivity index (χ2n) is 4.85. The van der Waals surface area contributed by atoms with Crippen LogP contribution in [0.15, 0.2) is 30.5 Å². The number of carbonyl (C=O) groups excluding carboxylic acids is 1. The number of carboxylic acid groups (broad SMARTS) is 1. The Morgan fingerprint density at radius 2 is 1.92 bits per heavy atom. The van der Waals surface area contributed by atoms with E-state index in [2.05, 4.69) is 9.84 Å². The Hall–Kier alpha value is -2.39. The van der Waals surface area contributed by atoms with Gasteiger partial charge in [0, 0.05) is 23.3 Å². The molecule has 1 aromatic heterocycles. The molecular weight excluding hydrogens is 383 g/mol. The van der Waals surface area contributed by atoms with Crippen LogP contribution in [0.2, 0.25) is 10.0 Å². The second kappa shape index (κ2) is 7.24. The Bertz CT molecular complexity index is 793. The molecule has 11 heteroatoms. The number of hydrogen-bond donors (Lipinski definition) is 2. The Morgan fingerprint density at radius 3 is 2.40 bits per heavy atom. The summed E-state index contributed by atoms with van der Waals surface area (Å²) in [4.78, 5) is 23.1. The highest BCUT2D eigenvalue weighted by atomic mass is 35.5. The largest absolute Gasteiger partial charge is 0.482 e. The van der Waals surface area contributed by atoms with Crippen molar-refractivity contribution in [3.8, 4) is 5.75 Å². The monoisotopic (exact) mass is 393 g/mol. The molecule has 25 heavy (non-hydrogen) atoms. The highest BCUT2D eigenvalue weighted by Crippen LogP contribution is 2.29. The van der Waals surface area contributed by atoms with E-state index in [0.717, 1.165) is 16.8 Å².